The van der Waals surface area contributed by atoms with Crippen LogP contribution in [0.2, 0.25) is 0 Å². The fourth-order valence-corrected chi connectivity index (χ4v) is 2.36. The molecule has 1 rings (SSSR count). The van der Waals surface area contributed by atoms with Gasteiger partial charge in [0.15, 0.2) is 0 Å². The largest absolute Gasteiger partial charge is 0.478 e. The molecule has 104 valence electrons. The Morgan fingerprint density at radius 3 is 2.63 bits per heavy atom. The van der Waals surface area contributed by atoms with Crippen molar-refractivity contribution in [3.63, 3.8) is 0 Å². The number of hydrogen-bond donors (Lipinski definition) is 2. The van der Waals surface area contributed by atoms with Gasteiger partial charge in [0.25, 0.3) is 0 Å². The average molecular weight is 287 g/mol. The van der Waals surface area contributed by atoms with Crippen molar-refractivity contribution < 1.29 is 27.9 Å². The van der Waals surface area contributed by atoms with Crippen molar-refractivity contribution >= 4 is 22.0 Å². The third-order valence-electron chi connectivity index (χ3n) is 2.19. The zero-order valence-corrected chi connectivity index (χ0v) is 10.9. The molecule has 1 aromatic rings. The fourth-order valence-electron chi connectivity index (χ4n) is 1.31. The summed E-state index contributed by atoms with van der Waals surface area (Å²) in [6, 6.07) is 5.57. The Morgan fingerprint density at radius 1 is 1.37 bits per heavy atom. The molecule has 0 bridgehead atoms. The van der Waals surface area contributed by atoms with Crippen molar-refractivity contribution in [3.05, 3.63) is 35.4 Å². The van der Waals surface area contributed by atoms with Crippen molar-refractivity contribution in [2.24, 2.45) is 0 Å². The Hall–Kier alpha value is -1.93. The van der Waals surface area contributed by atoms with Gasteiger partial charge in [0.1, 0.15) is 6.54 Å². The maximum atomic E-state index is 11.6. The third-order valence-corrected chi connectivity index (χ3v) is 3.49. The highest BCUT2D eigenvalue weighted by Gasteiger charge is 2.14. The molecule has 0 atom stereocenters. The van der Waals surface area contributed by atoms with E-state index < -0.39 is 34.3 Å². The van der Waals surface area contributed by atoms with Crippen molar-refractivity contribution in [2.75, 3.05) is 13.7 Å². The highest BCUT2D eigenvalue weighted by atomic mass is 32.2. The summed E-state index contributed by atoms with van der Waals surface area (Å²) < 4.78 is 29.6. The van der Waals surface area contributed by atoms with Gasteiger partial charge in [0.05, 0.1) is 18.4 Å². The Kier molecular flexibility index (Phi) is 5.02. The first kappa shape index (κ1) is 15.1. The van der Waals surface area contributed by atoms with Gasteiger partial charge in [-0.25, -0.2) is 17.9 Å². The minimum Gasteiger partial charge on any atom is -0.478 e. The highest BCUT2D eigenvalue weighted by Crippen LogP contribution is 2.08. The van der Waals surface area contributed by atoms with Crippen LogP contribution in [-0.4, -0.2) is 39.1 Å². The van der Waals surface area contributed by atoms with Crippen LogP contribution in [0.3, 0.4) is 0 Å². The number of ether oxygens (including phenoxy) is 1. The van der Waals surface area contributed by atoms with Crippen molar-refractivity contribution in [2.45, 2.75) is 5.75 Å². The number of aromatic carboxylic acids is 1. The molecule has 0 amide bonds. The summed E-state index contributed by atoms with van der Waals surface area (Å²) in [7, 11) is -2.58. The minimum atomic E-state index is -3.73. The number of carbonyl (C=O) groups excluding carboxylic acids is 1. The molecule has 19 heavy (non-hydrogen) atoms. The summed E-state index contributed by atoms with van der Waals surface area (Å²) in [5, 5.41) is 8.79. The lowest BCUT2D eigenvalue weighted by atomic mass is 10.1. The first-order chi connectivity index (χ1) is 8.84. The molecular weight excluding hydrogens is 274 g/mol. The van der Waals surface area contributed by atoms with Gasteiger partial charge in [-0.3, -0.25) is 4.79 Å². The quantitative estimate of drug-likeness (QED) is 0.711. The van der Waals surface area contributed by atoms with E-state index in [1.54, 1.807) is 0 Å². The van der Waals surface area contributed by atoms with Crippen LogP contribution in [0.5, 0.6) is 0 Å². The van der Waals surface area contributed by atoms with Gasteiger partial charge in [-0.2, -0.15) is 0 Å². The van der Waals surface area contributed by atoms with E-state index in [0.29, 0.717) is 5.56 Å². The summed E-state index contributed by atoms with van der Waals surface area (Å²) in [5.41, 5.74) is 0.318. The number of benzene rings is 1. The smallest absolute Gasteiger partial charge is 0.335 e. The molecule has 1 aromatic carbocycles. The number of carboxylic acids is 1. The molecule has 8 heteroatoms. The molecule has 0 fully saturated rings. The third kappa shape index (κ3) is 5.06. The molecule has 0 aromatic heterocycles. The molecule has 0 spiro atoms. The van der Waals surface area contributed by atoms with E-state index in [4.69, 9.17) is 5.11 Å². The van der Waals surface area contributed by atoms with Gasteiger partial charge in [-0.05, 0) is 17.7 Å². The molecule has 0 aliphatic rings. The van der Waals surface area contributed by atoms with Crippen molar-refractivity contribution in [3.8, 4) is 0 Å². The van der Waals surface area contributed by atoms with Gasteiger partial charge >= 0.3 is 11.9 Å². The van der Waals surface area contributed by atoms with E-state index in [0.717, 1.165) is 7.11 Å². The Bertz CT molecular complexity index is 581. The number of nitrogens with one attached hydrogen (secondary N) is 1. The molecular formula is C11H13NO6S. The lowest BCUT2D eigenvalue weighted by Gasteiger charge is -2.06. The van der Waals surface area contributed by atoms with Gasteiger partial charge in [-0.15, -0.1) is 0 Å². The predicted octanol–water partition coefficient (Wildman–Crippen LogP) is -0.0228. The SMILES string of the molecule is COC(=O)CNS(=O)(=O)Cc1cccc(C(=O)O)c1. The number of carbonyl (C=O) groups is 2. The number of sulfonamides is 1. The van der Waals surface area contributed by atoms with E-state index in [1.165, 1.54) is 24.3 Å². The molecule has 0 saturated carbocycles. The molecule has 0 aliphatic heterocycles. The average Bonchev–Trinajstić information content (AvgIpc) is 2.35. The molecule has 0 unspecified atom stereocenters. The maximum absolute atomic E-state index is 11.6. The monoisotopic (exact) mass is 287 g/mol. The van der Waals surface area contributed by atoms with Crippen molar-refractivity contribution in [1.82, 2.24) is 4.72 Å². The summed E-state index contributed by atoms with van der Waals surface area (Å²) >= 11 is 0. The molecule has 0 saturated heterocycles. The van der Waals surface area contributed by atoms with Crippen LogP contribution in [0.1, 0.15) is 15.9 Å². The molecule has 0 aliphatic carbocycles. The van der Waals surface area contributed by atoms with Crippen molar-refractivity contribution in [1.29, 1.82) is 0 Å². The zero-order chi connectivity index (χ0) is 14.5. The van der Waals surface area contributed by atoms with E-state index in [-0.39, 0.29) is 5.56 Å². The molecule has 0 heterocycles. The van der Waals surface area contributed by atoms with Gasteiger partial charge in [0.2, 0.25) is 10.0 Å². The molecule has 2 N–H and O–H groups in total. The van der Waals surface area contributed by atoms with E-state index >= 15 is 0 Å². The minimum absolute atomic E-state index is 0.000618. The number of esters is 1. The maximum Gasteiger partial charge on any atom is 0.335 e. The van der Waals surface area contributed by atoms with Crippen LogP contribution in [0.25, 0.3) is 0 Å². The molecule has 7 nitrogen and oxygen atoms in total. The van der Waals surface area contributed by atoms with Crippen LogP contribution in [0, 0.1) is 0 Å². The second-order valence-corrected chi connectivity index (χ2v) is 5.47. The van der Waals surface area contributed by atoms with E-state index in [2.05, 4.69) is 9.46 Å². The lowest BCUT2D eigenvalue weighted by molar-refractivity contribution is -0.139. The van der Waals surface area contributed by atoms with Crippen LogP contribution >= 0.6 is 0 Å². The van der Waals surface area contributed by atoms with Crippen LogP contribution in [0.4, 0.5) is 0 Å². The first-order valence-electron chi connectivity index (χ1n) is 5.20. The normalized spacial score (nSPS) is 11.0. The first-order valence-corrected chi connectivity index (χ1v) is 6.85. The highest BCUT2D eigenvalue weighted by molar-refractivity contribution is 7.88. The summed E-state index contributed by atoms with van der Waals surface area (Å²) in [6.07, 6.45) is 0. The molecule has 0 radical (unpaired) electrons. The van der Waals surface area contributed by atoms with Crippen LogP contribution < -0.4 is 4.72 Å². The number of hydrogen-bond acceptors (Lipinski definition) is 5. The van der Waals surface area contributed by atoms with Crippen LogP contribution in [-0.2, 0) is 25.3 Å². The number of carboxylic acid groups (broad SMARTS) is 1. The van der Waals surface area contributed by atoms with Gasteiger partial charge in [-0.1, -0.05) is 12.1 Å². The summed E-state index contributed by atoms with van der Waals surface area (Å²) in [4.78, 5) is 21.6. The second kappa shape index (κ2) is 6.30. The number of methoxy groups -OCH3 is 1. The predicted molar refractivity (Wildman–Crippen MR) is 66.0 cm³/mol. The van der Waals surface area contributed by atoms with E-state index in [1.807, 2.05) is 0 Å². The Balaban J connectivity index is 2.75. The standard InChI is InChI=1S/C11H13NO6S/c1-18-10(13)6-12-19(16,17)7-8-3-2-4-9(5-8)11(14)15/h2-5,12H,6-7H2,1H3,(H,14,15). The van der Waals surface area contributed by atoms with Crippen LogP contribution in [0.15, 0.2) is 24.3 Å². The number of rotatable bonds is 6. The van der Waals surface area contributed by atoms with E-state index in [9.17, 15) is 18.0 Å². The second-order valence-electron chi connectivity index (χ2n) is 3.66. The van der Waals surface area contributed by atoms with Gasteiger partial charge in [0, 0.05) is 0 Å². The zero-order valence-electron chi connectivity index (χ0n) is 10.1. The van der Waals surface area contributed by atoms with Gasteiger partial charge < -0.3 is 9.84 Å². The lowest BCUT2D eigenvalue weighted by Crippen LogP contribution is -2.31. The summed E-state index contributed by atoms with van der Waals surface area (Å²) in [5.74, 6) is -2.25. The summed E-state index contributed by atoms with van der Waals surface area (Å²) in [6.45, 7) is -0.461. The Labute approximate surface area is 110 Å². The topological polar surface area (TPSA) is 110 Å². The Morgan fingerprint density at radius 2 is 2.05 bits per heavy atom. The fraction of sp³-hybridized carbons (Fsp3) is 0.273.